The summed E-state index contributed by atoms with van der Waals surface area (Å²) in [5.74, 6) is 0.102. The standard InChI is InChI=1S/C36H47N7O6SSi/c1-21-19-43(20-28(48-35(37)46)32(21)49-51(7,8)36(3,4)5)27-13-14-38-18-26(27)42-33(45)30-31-29(15-24(17-39-31)41-22(2)44)50-34(30)40-16-23-9-11-25(47-6)12-10-23/h9-15,17-18,21,28,32,40H,16,19-20H2,1-8H3,(H2,37,46)(H,41,44)(H,42,45)/t21-,28+,32+/m0/s1. The number of amides is 3. The van der Waals surface area contributed by atoms with E-state index in [1.807, 2.05) is 30.3 Å². The van der Waals surface area contributed by atoms with Crippen LogP contribution in [0, 0.1) is 5.92 Å². The van der Waals surface area contributed by atoms with E-state index in [9.17, 15) is 14.4 Å². The molecule has 1 aliphatic rings. The molecule has 15 heteroatoms. The minimum absolute atomic E-state index is 0.0366. The number of hydrogen-bond acceptors (Lipinski definition) is 11. The first kappa shape index (κ1) is 37.5. The SMILES string of the molecule is COc1ccc(CNc2sc3cc(NC(C)=O)cnc3c2C(=O)Nc2cnccc2N2C[C@H](C)[C@@H](O[Si](C)(C)C(C)(C)C)[C@H](OC(N)=O)C2)cc1. The number of piperidine rings is 1. The van der Waals surface area contributed by atoms with Crippen molar-refractivity contribution < 1.29 is 28.3 Å². The first-order valence-corrected chi connectivity index (χ1v) is 20.5. The topological polar surface area (TPSA) is 170 Å². The Kier molecular flexibility index (Phi) is 11.2. The quantitative estimate of drug-likeness (QED) is 0.120. The van der Waals surface area contributed by atoms with Crippen molar-refractivity contribution in [1.82, 2.24) is 9.97 Å². The van der Waals surface area contributed by atoms with Crippen molar-refractivity contribution in [1.29, 1.82) is 0 Å². The molecule has 3 aromatic heterocycles. The Labute approximate surface area is 303 Å². The van der Waals surface area contributed by atoms with E-state index in [0.29, 0.717) is 52.8 Å². The minimum atomic E-state index is -2.22. The van der Waals surface area contributed by atoms with E-state index >= 15 is 0 Å². The monoisotopic (exact) mass is 733 g/mol. The number of methoxy groups -OCH3 is 1. The molecule has 13 nitrogen and oxygen atoms in total. The number of carbonyl (C=O) groups is 3. The number of carbonyl (C=O) groups excluding carboxylic acids is 3. The van der Waals surface area contributed by atoms with Crippen LogP contribution in [-0.4, -0.2) is 68.6 Å². The predicted molar refractivity (Wildman–Crippen MR) is 204 cm³/mol. The summed E-state index contributed by atoms with van der Waals surface area (Å²) in [6, 6.07) is 11.3. The third-order valence-electron chi connectivity index (χ3n) is 9.42. The van der Waals surface area contributed by atoms with Crippen molar-refractivity contribution in [2.24, 2.45) is 11.7 Å². The van der Waals surface area contributed by atoms with Crippen LogP contribution >= 0.6 is 11.3 Å². The van der Waals surface area contributed by atoms with Gasteiger partial charge in [0.25, 0.3) is 5.91 Å². The number of nitrogens with two attached hydrogens (primary N) is 1. The van der Waals surface area contributed by atoms with Crippen LogP contribution < -0.4 is 31.3 Å². The van der Waals surface area contributed by atoms with Crippen LogP contribution in [0.4, 0.5) is 26.9 Å². The second-order valence-electron chi connectivity index (χ2n) is 14.3. The van der Waals surface area contributed by atoms with Crippen LogP contribution in [-0.2, 0) is 20.5 Å². The highest BCUT2D eigenvalue weighted by Gasteiger charge is 2.46. The summed E-state index contributed by atoms with van der Waals surface area (Å²) < 4.78 is 18.5. The number of nitrogens with zero attached hydrogens (tertiary/aromatic N) is 3. The molecule has 0 unspecified atom stereocenters. The first-order valence-electron chi connectivity index (χ1n) is 16.8. The smallest absolute Gasteiger partial charge is 0.404 e. The van der Waals surface area contributed by atoms with Crippen LogP contribution in [0.15, 0.2) is 55.0 Å². The predicted octanol–water partition coefficient (Wildman–Crippen LogP) is 6.83. The average molecular weight is 734 g/mol. The fourth-order valence-electron chi connectivity index (χ4n) is 5.83. The summed E-state index contributed by atoms with van der Waals surface area (Å²) in [5.41, 5.74) is 9.11. The Morgan fingerprint density at radius 2 is 1.80 bits per heavy atom. The van der Waals surface area contributed by atoms with Crippen LogP contribution in [0.2, 0.25) is 18.1 Å². The van der Waals surface area contributed by atoms with Crippen molar-refractivity contribution in [2.45, 2.75) is 71.5 Å². The number of pyridine rings is 2. The van der Waals surface area contributed by atoms with E-state index in [4.69, 9.17) is 19.6 Å². The Balaban J connectivity index is 1.44. The van der Waals surface area contributed by atoms with E-state index in [0.717, 1.165) is 16.0 Å². The molecular formula is C36H47N7O6SSi. The molecule has 0 bridgehead atoms. The maximum absolute atomic E-state index is 14.3. The first-order chi connectivity index (χ1) is 24.1. The normalized spacial score (nSPS) is 17.9. The van der Waals surface area contributed by atoms with E-state index in [2.05, 4.69) is 71.6 Å². The number of thiophene rings is 1. The molecule has 3 amide bonds. The Morgan fingerprint density at radius 3 is 2.45 bits per heavy atom. The van der Waals surface area contributed by atoms with Gasteiger partial charge in [0.05, 0.1) is 59.4 Å². The van der Waals surface area contributed by atoms with E-state index in [1.165, 1.54) is 24.5 Å². The summed E-state index contributed by atoms with van der Waals surface area (Å²) in [6.07, 6.45) is 2.95. The lowest BCUT2D eigenvalue weighted by molar-refractivity contribution is -0.114. The molecule has 0 radical (unpaired) electrons. The van der Waals surface area contributed by atoms with Crippen molar-refractivity contribution in [3.63, 3.8) is 0 Å². The van der Waals surface area contributed by atoms with Gasteiger partial charge in [-0.05, 0) is 48.0 Å². The Bertz CT molecular complexity index is 1900. The molecule has 3 atom stereocenters. The molecule has 1 fully saturated rings. The number of benzene rings is 1. The maximum atomic E-state index is 14.3. The van der Waals surface area contributed by atoms with Crippen LogP contribution in [0.5, 0.6) is 5.75 Å². The van der Waals surface area contributed by atoms with Gasteiger partial charge < -0.3 is 40.5 Å². The second kappa shape index (κ2) is 15.2. The highest BCUT2D eigenvalue weighted by atomic mass is 32.1. The number of fused-ring (bicyclic) bond motifs is 1. The van der Waals surface area contributed by atoms with Crippen LogP contribution in [0.3, 0.4) is 0 Å². The molecule has 4 heterocycles. The molecule has 0 saturated carbocycles. The molecule has 51 heavy (non-hydrogen) atoms. The highest BCUT2D eigenvalue weighted by Crippen LogP contribution is 2.41. The molecular weight excluding hydrogens is 687 g/mol. The van der Waals surface area contributed by atoms with Crippen molar-refractivity contribution in [3.8, 4) is 5.75 Å². The third-order valence-corrected chi connectivity index (χ3v) is 15.0. The fraction of sp³-hybridized carbons (Fsp3) is 0.417. The molecule has 5 N–H and O–H groups in total. The van der Waals surface area contributed by atoms with E-state index < -0.39 is 20.5 Å². The number of anilines is 4. The molecule has 1 saturated heterocycles. The number of nitrogens with one attached hydrogen (secondary N) is 3. The minimum Gasteiger partial charge on any atom is -0.497 e. The highest BCUT2D eigenvalue weighted by molar-refractivity contribution is 7.23. The summed E-state index contributed by atoms with van der Waals surface area (Å²) in [6.45, 7) is 15.7. The number of rotatable bonds is 11. The lowest BCUT2D eigenvalue weighted by Crippen LogP contribution is -2.59. The van der Waals surface area contributed by atoms with Crippen molar-refractivity contribution in [2.75, 3.05) is 41.0 Å². The number of aromatic nitrogens is 2. The lowest BCUT2D eigenvalue weighted by Gasteiger charge is -2.47. The Hall–Kier alpha value is -4.73. The average Bonchev–Trinajstić information content (AvgIpc) is 3.42. The van der Waals surface area contributed by atoms with Gasteiger partial charge in [-0.15, -0.1) is 11.3 Å². The molecule has 0 spiro atoms. The molecule has 1 aromatic carbocycles. The number of ether oxygens (including phenoxy) is 2. The zero-order valence-electron chi connectivity index (χ0n) is 30.3. The second-order valence-corrected chi connectivity index (χ2v) is 20.1. The van der Waals surface area contributed by atoms with Gasteiger partial charge in [-0.3, -0.25) is 19.6 Å². The largest absolute Gasteiger partial charge is 0.497 e. The Morgan fingerprint density at radius 1 is 1.08 bits per heavy atom. The molecule has 272 valence electrons. The van der Waals surface area contributed by atoms with Gasteiger partial charge in [0, 0.05) is 32.1 Å². The zero-order valence-corrected chi connectivity index (χ0v) is 32.1. The van der Waals surface area contributed by atoms with Crippen molar-refractivity contribution in [3.05, 3.63) is 66.1 Å². The van der Waals surface area contributed by atoms with Crippen LogP contribution in [0.25, 0.3) is 10.2 Å². The van der Waals surface area contributed by atoms with Crippen LogP contribution in [0.1, 0.15) is 50.5 Å². The molecule has 1 aliphatic heterocycles. The summed E-state index contributed by atoms with van der Waals surface area (Å²) in [5, 5.41) is 9.83. The van der Waals surface area contributed by atoms with Gasteiger partial charge in [-0.2, -0.15) is 0 Å². The van der Waals surface area contributed by atoms with Gasteiger partial charge in [-0.25, -0.2) is 4.79 Å². The summed E-state index contributed by atoms with van der Waals surface area (Å²) >= 11 is 1.37. The lowest BCUT2D eigenvalue weighted by atomic mass is 9.93. The third kappa shape index (κ3) is 8.78. The zero-order chi connectivity index (χ0) is 37.1. The van der Waals surface area contributed by atoms with Gasteiger partial charge in [-0.1, -0.05) is 39.8 Å². The van der Waals surface area contributed by atoms with Gasteiger partial charge >= 0.3 is 6.09 Å². The molecule has 4 aromatic rings. The van der Waals surface area contributed by atoms with Crippen molar-refractivity contribution >= 4 is 69.8 Å². The number of primary amides is 1. The molecule has 0 aliphatic carbocycles. The van der Waals surface area contributed by atoms with Gasteiger partial charge in [0.15, 0.2) is 8.32 Å². The van der Waals surface area contributed by atoms with E-state index in [1.54, 1.807) is 25.6 Å². The van der Waals surface area contributed by atoms with Gasteiger partial charge in [0.2, 0.25) is 5.91 Å². The fourth-order valence-corrected chi connectivity index (χ4v) is 8.34. The summed E-state index contributed by atoms with van der Waals surface area (Å²) in [7, 11) is -0.603. The number of hydrogen-bond donors (Lipinski definition) is 4. The molecule has 5 rings (SSSR count). The van der Waals surface area contributed by atoms with E-state index in [-0.39, 0.29) is 28.9 Å². The van der Waals surface area contributed by atoms with Gasteiger partial charge in [0.1, 0.15) is 22.4 Å². The maximum Gasteiger partial charge on any atom is 0.404 e. The summed E-state index contributed by atoms with van der Waals surface area (Å²) in [4.78, 5) is 49.1.